The molecular weight excluding hydrogens is 280 g/mol. The molecule has 1 unspecified atom stereocenters. The van der Waals surface area contributed by atoms with E-state index in [9.17, 15) is 9.59 Å². The van der Waals surface area contributed by atoms with Gasteiger partial charge in [-0.25, -0.2) is 4.98 Å². The third kappa shape index (κ3) is 3.93. The molecule has 1 aromatic rings. The van der Waals surface area contributed by atoms with Crippen LogP contribution in [0.2, 0.25) is 5.15 Å². The van der Waals surface area contributed by atoms with Crippen LogP contribution in [0.3, 0.4) is 0 Å². The summed E-state index contributed by atoms with van der Waals surface area (Å²) in [7, 11) is 0. The second-order valence-electron chi connectivity index (χ2n) is 5.06. The zero-order valence-corrected chi connectivity index (χ0v) is 11.8. The van der Waals surface area contributed by atoms with Gasteiger partial charge in [-0.3, -0.25) is 9.59 Å². The van der Waals surface area contributed by atoms with Crippen molar-refractivity contribution in [2.24, 2.45) is 5.92 Å². The minimum Gasteiger partial charge on any atom is -0.481 e. The fourth-order valence-electron chi connectivity index (χ4n) is 2.53. The van der Waals surface area contributed by atoms with Gasteiger partial charge in [-0.05, 0) is 37.3 Å². The summed E-state index contributed by atoms with van der Waals surface area (Å²) in [5.41, 5.74) is 0.531. The smallest absolute Gasteiger partial charge is 0.303 e. The predicted octanol–water partition coefficient (Wildman–Crippen LogP) is 2.45. The van der Waals surface area contributed by atoms with E-state index in [1.54, 1.807) is 17.0 Å². The highest BCUT2D eigenvalue weighted by atomic mass is 35.5. The van der Waals surface area contributed by atoms with E-state index >= 15 is 0 Å². The Hall–Kier alpha value is -1.62. The molecule has 1 N–H and O–H groups in total. The Bertz CT molecular complexity index is 507. The average molecular weight is 297 g/mol. The minimum absolute atomic E-state index is 0.0608. The maximum Gasteiger partial charge on any atom is 0.303 e. The first kappa shape index (κ1) is 14.8. The minimum atomic E-state index is -0.783. The molecule has 5 nitrogen and oxygen atoms in total. The van der Waals surface area contributed by atoms with Gasteiger partial charge in [0.2, 0.25) is 0 Å². The lowest BCUT2D eigenvalue weighted by Gasteiger charge is -2.32. The molecule has 1 saturated heterocycles. The van der Waals surface area contributed by atoms with Gasteiger partial charge >= 0.3 is 5.97 Å². The summed E-state index contributed by atoms with van der Waals surface area (Å²) in [6, 6.07) is 3.21. The number of carbonyl (C=O) groups excluding carboxylic acids is 1. The lowest BCUT2D eigenvalue weighted by atomic mass is 9.93. The molecule has 0 aliphatic carbocycles. The van der Waals surface area contributed by atoms with Crippen LogP contribution in [0.15, 0.2) is 18.3 Å². The molecule has 0 bridgehead atoms. The summed E-state index contributed by atoms with van der Waals surface area (Å²) in [6.07, 6.45) is 4.19. The van der Waals surface area contributed by atoms with Gasteiger partial charge in [0.25, 0.3) is 5.91 Å². The molecule has 1 atom stereocenters. The number of rotatable bonds is 4. The Morgan fingerprint density at radius 3 is 3.00 bits per heavy atom. The highest BCUT2D eigenvalue weighted by Gasteiger charge is 2.24. The van der Waals surface area contributed by atoms with Crippen LogP contribution in [0.1, 0.15) is 36.0 Å². The second-order valence-corrected chi connectivity index (χ2v) is 5.45. The second kappa shape index (κ2) is 6.70. The number of aromatic nitrogens is 1. The highest BCUT2D eigenvalue weighted by Crippen LogP contribution is 2.22. The number of halogens is 1. The van der Waals surface area contributed by atoms with Crippen molar-refractivity contribution in [2.45, 2.75) is 25.7 Å². The zero-order chi connectivity index (χ0) is 14.5. The van der Waals surface area contributed by atoms with Crippen molar-refractivity contribution in [1.82, 2.24) is 9.88 Å². The first-order valence-electron chi connectivity index (χ1n) is 6.69. The lowest BCUT2D eigenvalue weighted by molar-refractivity contribution is -0.137. The number of nitrogens with zero attached hydrogens (tertiary/aromatic N) is 2. The van der Waals surface area contributed by atoms with E-state index in [1.807, 2.05) is 0 Å². The molecule has 20 heavy (non-hydrogen) atoms. The van der Waals surface area contributed by atoms with E-state index in [1.165, 1.54) is 6.20 Å². The molecule has 2 heterocycles. The topological polar surface area (TPSA) is 70.5 Å². The SMILES string of the molecule is O=C(O)CCC1CCCN(C(=O)c2ccnc(Cl)c2)C1. The standard InChI is InChI=1S/C14H17ClN2O3/c15-12-8-11(5-6-16-12)14(20)17-7-1-2-10(9-17)3-4-13(18)19/h5-6,8,10H,1-4,7,9H2,(H,18,19). The number of hydrogen-bond acceptors (Lipinski definition) is 3. The van der Waals surface area contributed by atoms with Crippen LogP contribution in [-0.4, -0.2) is 40.0 Å². The Kier molecular flexibility index (Phi) is 4.95. The molecule has 0 saturated carbocycles. The van der Waals surface area contributed by atoms with E-state index < -0.39 is 5.97 Å². The first-order valence-corrected chi connectivity index (χ1v) is 7.06. The molecule has 1 aliphatic rings. The Morgan fingerprint density at radius 1 is 1.50 bits per heavy atom. The molecule has 108 valence electrons. The molecular formula is C14H17ClN2O3. The zero-order valence-electron chi connectivity index (χ0n) is 11.1. The third-order valence-electron chi connectivity index (χ3n) is 3.55. The van der Waals surface area contributed by atoms with Crippen LogP contribution in [0.5, 0.6) is 0 Å². The van der Waals surface area contributed by atoms with Crippen LogP contribution < -0.4 is 0 Å². The van der Waals surface area contributed by atoms with Crippen LogP contribution in [-0.2, 0) is 4.79 Å². The van der Waals surface area contributed by atoms with E-state index in [4.69, 9.17) is 16.7 Å². The van der Waals surface area contributed by atoms with Gasteiger partial charge in [-0.15, -0.1) is 0 Å². The maximum atomic E-state index is 12.4. The van der Waals surface area contributed by atoms with Gasteiger partial charge in [0.05, 0.1) is 0 Å². The average Bonchev–Trinajstić information content (AvgIpc) is 2.44. The largest absolute Gasteiger partial charge is 0.481 e. The predicted molar refractivity (Wildman–Crippen MR) is 74.7 cm³/mol. The molecule has 0 radical (unpaired) electrons. The molecule has 6 heteroatoms. The van der Waals surface area contributed by atoms with E-state index in [-0.39, 0.29) is 18.2 Å². The van der Waals surface area contributed by atoms with Gasteiger partial charge in [0.15, 0.2) is 0 Å². The quantitative estimate of drug-likeness (QED) is 0.866. The highest BCUT2D eigenvalue weighted by molar-refractivity contribution is 6.29. The summed E-state index contributed by atoms with van der Waals surface area (Å²) in [5, 5.41) is 9.03. The normalized spacial score (nSPS) is 18.9. The van der Waals surface area contributed by atoms with Gasteiger partial charge in [-0.2, -0.15) is 0 Å². The fraction of sp³-hybridized carbons (Fsp3) is 0.500. The number of carbonyl (C=O) groups is 2. The molecule has 1 aromatic heterocycles. The molecule has 0 aromatic carbocycles. The number of amides is 1. The third-order valence-corrected chi connectivity index (χ3v) is 3.75. The molecule has 0 spiro atoms. The van der Waals surface area contributed by atoms with E-state index in [2.05, 4.69) is 4.98 Å². The number of likely N-dealkylation sites (tertiary alicyclic amines) is 1. The van der Waals surface area contributed by atoms with Gasteiger partial charge in [0.1, 0.15) is 5.15 Å². The van der Waals surface area contributed by atoms with E-state index in [0.29, 0.717) is 30.2 Å². The van der Waals surface area contributed by atoms with Crippen LogP contribution >= 0.6 is 11.6 Å². The number of pyridine rings is 1. The lowest BCUT2D eigenvalue weighted by Crippen LogP contribution is -2.40. The van der Waals surface area contributed by atoms with Crippen LogP contribution in [0.4, 0.5) is 0 Å². The number of piperidine rings is 1. The van der Waals surface area contributed by atoms with Crippen LogP contribution in [0.25, 0.3) is 0 Å². The first-order chi connectivity index (χ1) is 9.56. The van der Waals surface area contributed by atoms with Crippen molar-refractivity contribution in [3.05, 3.63) is 29.0 Å². The van der Waals surface area contributed by atoms with Gasteiger partial charge < -0.3 is 10.0 Å². The Balaban J connectivity index is 1.98. The van der Waals surface area contributed by atoms with Crippen molar-refractivity contribution in [3.63, 3.8) is 0 Å². The molecule has 1 fully saturated rings. The monoisotopic (exact) mass is 296 g/mol. The summed E-state index contributed by atoms with van der Waals surface area (Å²) in [4.78, 5) is 28.6. The number of carboxylic acids is 1. The Morgan fingerprint density at radius 2 is 2.30 bits per heavy atom. The van der Waals surface area contributed by atoms with Gasteiger partial charge in [-0.1, -0.05) is 11.6 Å². The summed E-state index contributed by atoms with van der Waals surface area (Å²) in [5.74, 6) is -0.579. The summed E-state index contributed by atoms with van der Waals surface area (Å²) >= 11 is 5.79. The maximum absolute atomic E-state index is 12.4. The van der Waals surface area contributed by atoms with Crippen LogP contribution in [0, 0.1) is 5.92 Å². The number of hydrogen-bond donors (Lipinski definition) is 1. The van der Waals surface area contributed by atoms with Crippen molar-refractivity contribution in [2.75, 3.05) is 13.1 Å². The Labute approximate surface area is 122 Å². The molecule has 1 amide bonds. The summed E-state index contributed by atoms with van der Waals surface area (Å²) in [6.45, 7) is 1.33. The number of aliphatic carboxylic acids is 1. The van der Waals surface area contributed by atoms with Gasteiger partial charge in [0, 0.05) is 31.3 Å². The van der Waals surface area contributed by atoms with E-state index in [0.717, 1.165) is 12.8 Å². The van der Waals surface area contributed by atoms with Crippen molar-refractivity contribution >= 4 is 23.5 Å². The molecule has 2 rings (SSSR count). The number of carboxylic acid groups (broad SMARTS) is 1. The fourth-order valence-corrected chi connectivity index (χ4v) is 2.70. The van der Waals surface area contributed by atoms with Crippen molar-refractivity contribution in [3.8, 4) is 0 Å². The van der Waals surface area contributed by atoms with Crippen molar-refractivity contribution < 1.29 is 14.7 Å². The summed E-state index contributed by atoms with van der Waals surface area (Å²) < 4.78 is 0. The molecule has 1 aliphatic heterocycles. The van der Waals surface area contributed by atoms with Crippen molar-refractivity contribution in [1.29, 1.82) is 0 Å².